The zero-order chi connectivity index (χ0) is 18.7. The highest BCUT2D eigenvalue weighted by Crippen LogP contribution is 2.37. The quantitative estimate of drug-likeness (QED) is 0.650. The second kappa shape index (κ2) is 7.34. The largest absolute Gasteiger partial charge is 0.399 e. The third-order valence-electron chi connectivity index (χ3n) is 4.59. The zero-order valence-corrected chi connectivity index (χ0v) is 15.4. The molecule has 6 nitrogen and oxygen atoms in total. The first-order valence-electron chi connectivity index (χ1n) is 8.58. The van der Waals surface area contributed by atoms with E-state index in [4.69, 9.17) is 9.92 Å². The van der Waals surface area contributed by atoms with E-state index in [-0.39, 0.29) is 17.4 Å². The zero-order valence-electron chi connectivity index (χ0n) is 14.6. The van der Waals surface area contributed by atoms with Crippen LogP contribution < -0.4 is 9.92 Å². The second-order valence-corrected chi connectivity index (χ2v) is 8.21. The summed E-state index contributed by atoms with van der Waals surface area (Å²) in [5.74, 6) is 0.0934. The van der Waals surface area contributed by atoms with Crippen LogP contribution in [-0.4, -0.2) is 19.7 Å². The molecule has 1 aromatic heterocycles. The molecule has 1 heterocycles. The van der Waals surface area contributed by atoms with Crippen LogP contribution in [0.1, 0.15) is 49.3 Å². The van der Waals surface area contributed by atoms with Crippen LogP contribution in [0.15, 0.2) is 30.3 Å². The fourth-order valence-electron chi connectivity index (χ4n) is 3.35. The Hall–Kier alpha value is -2.59. The Balaban J connectivity index is 2.18. The van der Waals surface area contributed by atoms with Crippen molar-refractivity contribution in [3.63, 3.8) is 0 Å². The summed E-state index contributed by atoms with van der Waals surface area (Å²) in [7, 11) is -3.80. The van der Waals surface area contributed by atoms with Gasteiger partial charge in [-0.15, -0.1) is 0 Å². The standard InChI is InChI=1S/C19H21N3O3S/c1-26(23,24)25-19-17(12-20)16(13-7-9-15(21)10-8-13)11-18(22-19)14-5-3-2-4-6-14/h7-11,14H,2-6,21H2,1H3. The molecule has 0 bridgehead atoms. The van der Waals surface area contributed by atoms with Gasteiger partial charge in [-0.2, -0.15) is 13.7 Å². The molecule has 0 atom stereocenters. The maximum atomic E-state index is 11.7. The lowest BCUT2D eigenvalue weighted by Gasteiger charge is -2.22. The predicted octanol–water partition coefficient (Wildman–Crippen LogP) is 3.59. The number of nitrogens with two attached hydrogens (primary N) is 1. The molecule has 2 N–H and O–H groups in total. The van der Waals surface area contributed by atoms with Crippen molar-refractivity contribution >= 4 is 15.8 Å². The van der Waals surface area contributed by atoms with E-state index in [2.05, 4.69) is 4.98 Å². The van der Waals surface area contributed by atoms with E-state index >= 15 is 0 Å². The maximum Gasteiger partial charge on any atom is 0.307 e. The van der Waals surface area contributed by atoms with Crippen LogP contribution in [0.5, 0.6) is 5.88 Å². The van der Waals surface area contributed by atoms with E-state index in [1.165, 1.54) is 6.42 Å². The number of hydrogen-bond acceptors (Lipinski definition) is 6. The molecule has 0 aliphatic heterocycles. The van der Waals surface area contributed by atoms with Gasteiger partial charge in [-0.05, 0) is 36.6 Å². The van der Waals surface area contributed by atoms with Crippen molar-refractivity contribution in [3.05, 3.63) is 41.6 Å². The van der Waals surface area contributed by atoms with Crippen LogP contribution in [0.25, 0.3) is 11.1 Å². The molecule has 0 saturated heterocycles. The van der Waals surface area contributed by atoms with Crippen molar-refractivity contribution in [1.82, 2.24) is 4.98 Å². The van der Waals surface area contributed by atoms with Crippen molar-refractivity contribution in [2.45, 2.75) is 38.0 Å². The minimum atomic E-state index is -3.80. The monoisotopic (exact) mass is 371 g/mol. The molecule has 1 saturated carbocycles. The third-order valence-corrected chi connectivity index (χ3v) is 5.05. The number of nitrogens with zero attached hydrogens (tertiary/aromatic N) is 2. The highest BCUT2D eigenvalue weighted by Gasteiger charge is 2.23. The molecule has 136 valence electrons. The average Bonchev–Trinajstić information content (AvgIpc) is 2.61. The Morgan fingerprint density at radius 3 is 2.42 bits per heavy atom. The molecule has 0 unspecified atom stereocenters. The number of rotatable bonds is 4. The van der Waals surface area contributed by atoms with Crippen LogP contribution in [-0.2, 0) is 10.1 Å². The maximum absolute atomic E-state index is 11.7. The van der Waals surface area contributed by atoms with Gasteiger partial charge in [0.15, 0.2) is 0 Å². The van der Waals surface area contributed by atoms with E-state index < -0.39 is 10.1 Å². The molecular weight excluding hydrogens is 350 g/mol. The number of nitriles is 1. The highest BCUT2D eigenvalue weighted by atomic mass is 32.2. The number of anilines is 1. The summed E-state index contributed by atoms with van der Waals surface area (Å²) in [5, 5.41) is 9.62. The molecular formula is C19H21N3O3S. The lowest BCUT2D eigenvalue weighted by Crippen LogP contribution is -2.12. The molecule has 1 aromatic carbocycles. The molecule has 3 rings (SSSR count). The van der Waals surface area contributed by atoms with E-state index in [0.717, 1.165) is 43.2 Å². The Morgan fingerprint density at radius 1 is 1.19 bits per heavy atom. The molecule has 0 radical (unpaired) electrons. The van der Waals surface area contributed by atoms with Gasteiger partial charge in [-0.1, -0.05) is 31.4 Å². The second-order valence-electron chi connectivity index (χ2n) is 6.63. The van der Waals surface area contributed by atoms with Gasteiger partial charge in [0.2, 0.25) is 0 Å². The first kappa shape index (κ1) is 18.2. The molecule has 1 fully saturated rings. The summed E-state index contributed by atoms with van der Waals surface area (Å²) in [6.07, 6.45) is 6.38. The van der Waals surface area contributed by atoms with Crippen molar-refractivity contribution in [1.29, 1.82) is 5.26 Å². The minimum Gasteiger partial charge on any atom is -0.399 e. The lowest BCUT2D eigenvalue weighted by atomic mass is 9.85. The Kier molecular flexibility index (Phi) is 5.14. The van der Waals surface area contributed by atoms with Gasteiger partial charge in [-0.3, -0.25) is 0 Å². The predicted molar refractivity (Wildman–Crippen MR) is 100 cm³/mol. The summed E-state index contributed by atoms with van der Waals surface area (Å²) >= 11 is 0. The van der Waals surface area contributed by atoms with Gasteiger partial charge < -0.3 is 9.92 Å². The molecule has 0 amide bonds. The van der Waals surface area contributed by atoms with Crippen molar-refractivity contribution in [2.24, 2.45) is 0 Å². The summed E-state index contributed by atoms with van der Waals surface area (Å²) in [4.78, 5) is 4.41. The lowest BCUT2D eigenvalue weighted by molar-refractivity contribution is 0.430. The van der Waals surface area contributed by atoms with Gasteiger partial charge in [-0.25, -0.2) is 4.98 Å². The molecule has 1 aliphatic rings. The van der Waals surface area contributed by atoms with Crippen molar-refractivity contribution in [3.8, 4) is 23.1 Å². The Morgan fingerprint density at radius 2 is 1.85 bits per heavy atom. The fraction of sp³-hybridized carbons (Fsp3) is 0.368. The number of aromatic nitrogens is 1. The average molecular weight is 371 g/mol. The molecule has 7 heteroatoms. The van der Waals surface area contributed by atoms with Crippen LogP contribution in [0.2, 0.25) is 0 Å². The summed E-state index contributed by atoms with van der Waals surface area (Å²) < 4.78 is 28.4. The first-order valence-corrected chi connectivity index (χ1v) is 10.4. The molecule has 2 aromatic rings. The normalized spacial score (nSPS) is 15.4. The van der Waals surface area contributed by atoms with E-state index in [1.54, 1.807) is 24.3 Å². The third kappa shape index (κ3) is 4.14. The van der Waals surface area contributed by atoms with Gasteiger partial charge in [0.1, 0.15) is 11.6 Å². The molecule has 26 heavy (non-hydrogen) atoms. The van der Waals surface area contributed by atoms with Crippen LogP contribution in [0.3, 0.4) is 0 Å². The van der Waals surface area contributed by atoms with Crippen LogP contribution >= 0.6 is 0 Å². The summed E-state index contributed by atoms with van der Waals surface area (Å²) in [6.45, 7) is 0. The Bertz CT molecular complexity index is 941. The van der Waals surface area contributed by atoms with Gasteiger partial charge in [0.25, 0.3) is 5.88 Å². The minimum absolute atomic E-state index is 0.111. The van der Waals surface area contributed by atoms with Gasteiger partial charge in [0.05, 0.1) is 6.26 Å². The first-order chi connectivity index (χ1) is 12.4. The molecule has 1 aliphatic carbocycles. The number of hydrogen-bond donors (Lipinski definition) is 1. The number of nitrogen functional groups attached to an aromatic ring is 1. The van der Waals surface area contributed by atoms with E-state index in [1.807, 2.05) is 12.1 Å². The van der Waals surface area contributed by atoms with Crippen molar-refractivity contribution < 1.29 is 12.6 Å². The number of pyridine rings is 1. The van der Waals surface area contributed by atoms with E-state index in [0.29, 0.717) is 11.3 Å². The Labute approximate surface area is 153 Å². The summed E-state index contributed by atoms with van der Waals surface area (Å²) in [6, 6.07) is 11.0. The smallest absolute Gasteiger partial charge is 0.307 e. The van der Waals surface area contributed by atoms with Crippen molar-refractivity contribution in [2.75, 3.05) is 12.0 Å². The summed E-state index contributed by atoms with van der Waals surface area (Å²) in [5.41, 5.74) is 8.63. The SMILES string of the molecule is CS(=O)(=O)Oc1nc(C2CCCCC2)cc(-c2ccc(N)cc2)c1C#N. The molecule has 0 spiro atoms. The number of benzene rings is 1. The van der Waals surface area contributed by atoms with Gasteiger partial charge >= 0.3 is 10.1 Å². The topological polar surface area (TPSA) is 106 Å². The van der Waals surface area contributed by atoms with E-state index in [9.17, 15) is 13.7 Å². The highest BCUT2D eigenvalue weighted by molar-refractivity contribution is 7.86. The fourth-order valence-corrected chi connectivity index (χ4v) is 3.76. The van der Waals surface area contributed by atoms with Gasteiger partial charge in [0, 0.05) is 22.9 Å². The van der Waals surface area contributed by atoms with Crippen LogP contribution in [0, 0.1) is 11.3 Å². The van der Waals surface area contributed by atoms with Crippen LogP contribution in [0.4, 0.5) is 5.69 Å².